The molecule has 2 heterocycles. The first kappa shape index (κ1) is 14.2. The van der Waals surface area contributed by atoms with Crippen molar-refractivity contribution < 1.29 is 0 Å². The maximum absolute atomic E-state index is 4.84. The Hall–Kier alpha value is -0.740. The summed E-state index contributed by atoms with van der Waals surface area (Å²) in [5, 5.41) is 3.57. The molecular formula is C16H25N3S. The third-order valence-corrected chi connectivity index (χ3v) is 5.39. The molecule has 1 aromatic rings. The van der Waals surface area contributed by atoms with E-state index in [4.69, 9.17) is 4.98 Å². The van der Waals surface area contributed by atoms with Gasteiger partial charge in [0.1, 0.15) is 5.82 Å². The molecule has 3 rings (SSSR count). The Morgan fingerprint density at radius 1 is 1.40 bits per heavy atom. The molecule has 0 aromatic carbocycles. The molecule has 1 aromatic heterocycles. The van der Waals surface area contributed by atoms with Gasteiger partial charge in [-0.15, -0.1) is 0 Å². The normalized spacial score (nSPS) is 22.1. The van der Waals surface area contributed by atoms with Gasteiger partial charge in [0.25, 0.3) is 0 Å². The van der Waals surface area contributed by atoms with E-state index in [1.165, 1.54) is 29.9 Å². The molecule has 1 N–H and O–H groups in total. The van der Waals surface area contributed by atoms with Crippen molar-refractivity contribution in [3.63, 3.8) is 0 Å². The van der Waals surface area contributed by atoms with Gasteiger partial charge >= 0.3 is 0 Å². The van der Waals surface area contributed by atoms with Crippen molar-refractivity contribution in [1.29, 1.82) is 0 Å². The number of thioether (sulfide) groups is 1. The lowest BCUT2D eigenvalue weighted by atomic mass is 10.1. The molecule has 0 atom stereocenters. The fourth-order valence-electron chi connectivity index (χ4n) is 2.69. The minimum atomic E-state index is 0.333. The van der Waals surface area contributed by atoms with Crippen molar-refractivity contribution in [2.75, 3.05) is 23.7 Å². The maximum Gasteiger partial charge on any atom is 0.128 e. The van der Waals surface area contributed by atoms with E-state index in [-0.39, 0.29) is 0 Å². The molecule has 0 radical (unpaired) electrons. The third-order valence-electron chi connectivity index (χ3n) is 4.09. The number of nitrogens with one attached hydrogen (secondary N) is 1. The van der Waals surface area contributed by atoms with Crippen LogP contribution in [0.15, 0.2) is 12.1 Å². The number of anilines is 1. The Kier molecular flexibility index (Phi) is 3.95. The molecule has 3 nitrogen and oxygen atoms in total. The van der Waals surface area contributed by atoms with Gasteiger partial charge in [-0.05, 0) is 45.2 Å². The van der Waals surface area contributed by atoms with Gasteiger partial charge < -0.3 is 10.2 Å². The highest BCUT2D eigenvalue weighted by molar-refractivity contribution is 8.00. The summed E-state index contributed by atoms with van der Waals surface area (Å²) in [6.45, 7) is 9.95. The zero-order chi connectivity index (χ0) is 14.2. The molecule has 0 spiro atoms. The smallest absolute Gasteiger partial charge is 0.128 e. The molecule has 0 bridgehead atoms. The van der Waals surface area contributed by atoms with Crippen LogP contribution in [0.5, 0.6) is 0 Å². The molecule has 1 saturated carbocycles. The number of hydrogen-bond acceptors (Lipinski definition) is 4. The molecule has 2 aliphatic rings. The van der Waals surface area contributed by atoms with Crippen molar-refractivity contribution in [3.8, 4) is 0 Å². The van der Waals surface area contributed by atoms with Crippen LogP contribution in [0.25, 0.3) is 0 Å². The van der Waals surface area contributed by atoms with Gasteiger partial charge in [0, 0.05) is 41.9 Å². The molecule has 110 valence electrons. The molecule has 20 heavy (non-hydrogen) atoms. The lowest BCUT2D eigenvalue weighted by Gasteiger charge is -2.38. The highest BCUT2D eigenvalue weighted by atomic mass is 32.2. The number of pyridine rings is 1. The van der Waals surface area contributed by atoms with Crippen molar-refractivity contribution in [2.45, 2.75) is 50.9 Å². The highest BCUT2D eigenvalue weighted by Gasteiger charge is 2.28. The average Bonchev–Trinajstić information content (AvgIpc) is 3.20. The van der Waals surface area contributed by atoms with Crippen LogP contribution >= 0.6 is 11.8 Å². The van der Waals surface area contributed by atoms with Crippen molar-refractivity contribution >= 4 is 17.6 Å². The summed E-state index contributed by atoms with van der Waals surface area (Å²) in [5.41, 5.74) is 2.51. The quantitative estimate of drug-likeness (QED) is 0.923. The molecule has 0 unspecified atom stereocenters. The standard InChI is InChI=1S/C16H25N3S/c1-12-13(10-17-14-5-6-14)4-7-15(18-12)19-8-9-20-16(2,3)11-19/h4,7,14,17H,5-6,8-11H2,1-3H3. The Balaban J connectivity index is 1.68. The topological polar surface area (TPSA) is 28.2 Å². The lowest BCUT2D eigenvalue weighted by Crippen LogP contribution is -2.43. The predicted molar refractivity (Wildman–Crippen MR) is 87.6 cm³/mol. The first-order valence-electron chi connectivity index (χ1n) is 7.62. The predicted octanol–water partition coefficient (Wildman–Crippen LogP) is 2.97. The summed E-state index contributed by atoms with van der Waals surface area (Å²) < 4.78 is 0.333. The summed E-state index contributed by atoms with van der Waals surface area (Å²) in [6.07, 6.45) is 2.68. The number of hydrogen-bond donors (Lipinski definition) is 1. The summed E-state index contributed by atoms with van der Waals surface area (Å²) in [7, 11) is 0. The molecular weight excluding hydrogens is 266 g/mol. The molecule has 1 aliphatic heterocycles. The summed E-state index contributed by atoms with van der Waals surface area (Å²) in [5.74, 6) is 2.34. The number of aromatic nitrogens is 1. The van der Waals surface area contributed by atoms with E-state index in [1.54, 1.807) is 0 Å². The highest BCUT2D eigenvalue weighted by Crippen LogP contribution is 2.31. The Bertz CT molecular complexity index is 483. The monoisotopic (exact) mass is 291 g/mol. The van der Waals surface area contributed by atoms with Gasteiger partial charge in [0.05, 0.1) is 0 Å². The molecule has 0 amide bonds. The zero-order valence-corrected chi connectivity index (χ0v) is 13.6. The van der Waals surface area contributed by atoms with Gasteiger partial charge in [0.15, 0.2) is 0 Å². The van der Waals surface area contributed by atoms with Crippen LogP contribution in [0.3, 0.4) is 0 Å². The van der Waals surface area contributed by atoms with E-state index in [0.717, 1.165) is 31.5 Å². The SMILES string of the molecule is Cc1nc(N2CCSC(C)(C)C2)ccc1CNC1CC1. The van der Waals surface area contributed by atoms with Gasteiger partial charge in [-0.3, -0.25) is 0 Å². The van der Waals surface area contributed by atoms with E-state index in [0.29, 0.717) is 4.75 Å². The average molecular weight is 291 g/mol. The van der Waals surface area contributed by atoms with E-state index in [1.807, 2.05) is 0 Å². The van der Waals surface area contributed by atoms with Crippen molar-refractivity contribution in [2.24, 2.45) is 0 Å². The first-order valence-corrected chi connectivity index (χ1v) is 8.61. The molecule has 4 heteroatoms. The van der Waals surface area contributed by atoms with Crippen LogP contribution < -0.4 is 10.2 Å². The second kappa shape index (κ2) is 5.57. The summed E-state index contributed by atoms with van der Waals surface area (Å²) >= 11 is 2.06. The number of aryl methyl sites for hydroxylation is 1. The van der Waals surface area contributed by atoms with Crippen LogP contribution in [-0.4, -0.2) is 34.6 Å². The van der Waals surface area contributed by atoms with Crippen LogP contribution in [0.4, 0.5) is 5.82 Å². The molecule has 2 fully saturated rings. The summed E-state index contributed by atoms with van der Waals surface area (Å²) in [4.78, 5) is 7.27. The Morgan fingerprint density at radius 2 is 2.20 bits per heavy atom. The lowest BCUT2D eigenvalue weighted by molar-refractivity contribution is 0.640. The Labute approximate surface area is 126 Å². The van der Waals surface area contributed by atoms with Crippen molar-refractivity contribution in [1.82, 2.24) is 10.3 Å². The Morgan fingerprint density at radius 3 is 2.85 bits per heavy atom. The fraction of sp³-hybridized carbons (Fsp3) is 0.688. The van der Waals surface area contributed by atoms with E-state index < -0.39 is 0 Å². The maximum atomic E-state index is 4.84. The number of rotatable bonds is 4. The van der Waals surface area contributed by atoms with Crippen LogP contribution in [0.2, 0.25) is 0 Å². The minimum Gasteiger partial charge on any atom is -0.354 e. The third kappa shape index (κ3) is 3.47. The first-order chi connectivity index (χ1) is 9.53. The second-order valence-corrected chi connectivity index (χ2v) is 8.40. The van der Waals surface area contributed by atoms with Crippen LogP contribution in [-0.2, 0) is 6.54 Å². The van der Waals surface area contributed by atoms with E-state index in [9.17, 15) is 0 Å². The molecule has 1 aliphatic carbocycles. The van der Waals surface area contributed by atoms with E-state index in [2.05, 4.69) is 54.9 Å². The summed E-state index contributed by atoms with van der Waals surface area (Å²) in [6, 6.07) is 5.21. The van der Waals surface area contributed by atoms with Crippen molar-refractivity contribution in [3.05, 3.63) is 23.4 Å². The van der Waals surface area contributed by atoms with Gasteiger partial charge in [-0.2, -0.15) is 11.8 Å². The van der Waals surface area contributed by atoms with E-state index >= 15 is 0 Å². The van der Waals surface area contributed by atoms with Crippen LogP contribution in [0.1, 0.15) is 37.9 Å². The fourth-order valence-corrected chi connectivity index (χ4v) is 3.80. The second-order valence-electron chi connectivity index (χ2n) is 6.60. The van der Waals surface area contributed by atoms with Gasteiger partial charge in [-0.25, -0.2) is 4.98 Å². The van der Waals surface area contributed by atoms with Gasteiger partial charge in [-0.1, -0.05) is 6.07 Å². The zero-order valence-electron chi connectivity index (χ0n) is 12.8. The van der Waals surface area contributed by atoms with Crippen LogP contribution in [0, 0.1) is 6.92 Å². The molecule has 1 saturated heterocycles. The van der Waals surface area contributed by atoms with Gasteiger partial charge in [0.2, 0.25) is 0 Å². The largest absolute Gasteiger partial charge is 0.354 e. The minimum absolute atomic E-state index is 0.333. The number of nitrogens with zero attached hydrogens (tertiary/aromatic N) is 2.